The predicted octanol–water partition coefficient (Wildman–Crippen LogP) is 1.09. The van der Waals surface area contributed by atoms with Crippen LogP contribution in [0.4, 0.5) is 4.79 Å². The molecule has 1 aliphatic rings. The van der Waals surface area contributed by atoms with Crippen molar-refractivity contribution in [3.05, 3.63) is 0 Å². The van der Waals surface area contributed by atoms with Crippen molar-refractivity contribution in [1.29, 1.82) is 0 Å². The van der Waals surface area contributed by atoms with Gasteiger partial charge in [-0.15, -0.1) is 0 Å². The summed E-state index contributed by atoms with van der Waals surface area (Å²) in [6, 6.07) is -0.602. The molecule has 1 unspecified atom stereocenters. The van der Waals surface area contributed by atoms with Crippen LogP contribution in [0.5, 0.6) is 0 Å². The summed E-state index contributed by atoms with van der Waals surface area (Å²) >= 11 is 0. The fourth-order valence-corrected chi connectivity index (χ4v) is 1.99. The molecule has 5 nitrogen and oxygen atoms in total. The number of hydrogen-bond donors (Lipinski definition) is 2. The normalized spacial score (nSPS) is 18.8. The van der Waals surface area contributed by atoms with E-state index in [-0.39, 0.29) is 18.0 Å². The van der Waals surface area contributed by atoms with Crippen molar-refractivity contribution in [2.24, 2.45) is 0 Å². The highest BCUT2D eigenvalue weighted by molar-refractivity contribution is 5.96. The topological polar surface area (TPSA) is 61.4 Å². The van der Waals surface area contributed by atoms with Crippen LogP contribution in [0.1, 0.15) is 40.0 Å². The van der Waals surface area contributed by atoms with E-state index in [1.165, 1.54) is 6.42 Å². The van der Waals surface area contributed by atoms with E-state index in [2.05, 4.69) is 15.5 Å². The zero-order chi connectivity index (χ0) is 12.8. The standard InChI is InChI=1S/C12H23N3O2/c1-9(2)13-12(17)14-11(16)10(3)15-7-5-4-6-8-15/h9-10H,4-8H2,1-3H3,(H2,13,14,16,17). The van der Waals surface area contributed by atoms with Gasteiger partial charge >= 0.3 is 6.03 Å². The van der Waals surface area contributed by atoms with Gasteiger partial charge in [0.15, 0.2) is 0 Å². The van der Waals surface area contributed by atoms with Crippen LogP contribution in [0.15, 0.2) is 0 Å². The molecule has 0 radical (unpaired) electrons. The minimum atomic E-state index is -0.408. The van der Waals surface area contributed by atoms with Crippen LogP contribution < -0.4 is 10.6 Å². The first-order valence-electron chi connectivity index (χ1n) is 6.36. The Morgan fingerprint density at radius 2 is 1.65 bits per heavy atom. The minimum Gasteiger partial charge on any atom is -0.336 e. The van der Waals surface area contributed by atoms with E-state index in [4.69, 9.17) is 0 Å². The number of nitrogens with one attached hydrogen (secondary N) is 2. The van der Waals surface area contributed by atoms with Gasteiger partial charge in [-0.2, -0.15) is 0 Å². The van der Waals surface area contributed by atoms with Crippen molar-refractivity contribution in [3.8, 4) is 0 Å². The molecular formula is C12H23N3O2. The van der Waals surface area contributed by atoms with Crippen molar-refractivity contribution in [1.82, 2.24) is 15.5 Å². The van der Waals surface area contributed by atoms with E-state index < -0.39 is 6.03 Å². The molecule has 1 rings (SSSR count). The average Bonchev–Trinajstić information content (AvgIpc) is 2.28. The summed E-state index contributed by atoms with van der Waals surface area (Å²) in [5, 5.41) is 5.02. The molecule has 0 aromatic rings. The molecule has 3 amide bonds. The largest absolute Gasteiger partial charge is 0.336 e. The lowest BCUT2D eigenvalue weighted by Gasteiger charge is -2.31. The smallest absolute Gasteiger partial charge is 0.321 e. The third-order valence-corrected chi connectivity index (χ3v) is 2.97. The van der Waals surface area contributed by atoms with Crippen LogP contribution in [0.2, 0.25) is 0 Å². The van der Waals surface area contributed by atoms with E-state index in [9.17, 15) is 9.59 Å². The fraction of sp³-hybridized carbons (Fsp3) is 0.833. The van der Waals surface area contributed by atoms with Gasteiger partial charge in [0, 0.05) is 6.04 Å². The summed E-state index contributed by atoms with van der Waals surface area (Å²) in [5.41, 5.74) is 0. The van der Waals surface area contributed by atoms with Gasteiger partial charge in [0.2, 0.25) is 5.91 Å². The summed E-state index contributed by atoms with van der Waals surface area (Å²) in [5.74, 6) is -0.218. The Balaban J connectivity index is 2.37. The highest BCUT2D eigenvalue weighted by Crippen LogP contribution is 2.11. The maximum atomic E-state index is 11.8. The Morgan fingerprint density at radius 1 is 1.06 bits per heavy atom. The second-order valence-electron chi connectivity index (χ2n) is 4.89. The van der Waals surface area contributed by atoms with E-state index >= 15 is 0 Å². The number of nitrogens with zero attached hydrogens (tertiary/aromatic N) is 1. The molecule has 5 heteroatoms. The number of hydrogen-bond acceptors (Lipinski definition) is 3. The van der Waals surface area contributed by atoms with Crippen LogP contribution >= 0.6 is 0 Å². The van der Waals surface area contributed by atoms with Gasteiger partial charge in [-0.25, -0.2) is 4.79 Å². The second kappa shape index (κ2) is 6.59. The average molecular weight is 241 g/mol. The maximum Gasteiger partial charge on any atom is 0.321 e. The van der Waals surface area contributed by atoms with Gasteiger partial charge in [0.05, 0.1) is 6.04 Å². The number of carbonyl (C=O) groups excluding carboxylic acids is 2. The number of piperidine rings is 1. The monoisotopic (exact) mass is 241 g/mol. The highest BCUT2D eigenvalue weighted by atomic mass is 16.2. The van der Waals surface area contributed by atoms with Crippen molar-refractivity contribution in [2.75, 3.05) is 13.1 Å². The quantitative estimate of drug-likeness (QED) is 0.777. The Bertz CT molecular complexity index is 273. The van der Waals surface area contributed by atoms with E-state index in [0.29, 0.717) is 0 Å². The summed E-state index contributed by atoms with van der Waals surface area (Å²) in [6.45, 7) is 7.46. The Labute approximate surface area is 103 Å². The molecule has 0 bridgehead atoms. The number of urea groups is 1. The first kappa shape index (κ1) is 14.0. The molecule has 0 aromatic heterocycles. The molecular weight excluding hydrogens is 218 g/mol. The molecule has 1 aliphatic heterocycles. The third kappa shape index (κ3) is 4.73. The van der Waals surface area contributed by atoms with Crippen molar-refractivity contribution < 1.29 is 9.59 Å². The molecule has 98 valence electrons. The number of rotatable bonds is 3. The zero-order valence-corrected chi connectivity index (χ0v) is 11.0. The molecule has 2 N–H and O–H groups in total. The molecule has 0 spiro atoms. The molecule has 0 saturated carbocycles. The molecule has 1 fully saturated rings. The van der Waals surface area contributed by atoms with Crippen LogP contribution in [0, 0.1) is 0 Å². The van der Waals surface area contributed by atoms with Crippen molar-refractivity contribution in [3.63, 3.8) is 0 Å². The number of likely N-dealkylation sites (tertiary alicyclic amines) is 1. The maximum absolute atomic E-state index is 11.8. The first-order chi connectivity index (χ1) is 8.00. The van der Waals surface area contributed by atoms with Gasteiger partial charge in [0.1, 0.15) is 0 Å². The minimum absolute atomic E-state index is 0.0353. The lowest BCUT2D eigenvalue weighted by atomic mass is 10.1. The van der Waals surface area contributed by atoms with Gasteiger partial charge in [-0.1, -0.05) is 6.42 Å². The van der Waals surface area contributed by atoms with Crippen molar-refractivity contribution >= 4 is 11.9 Å². The van der Waals surface area contributed by atoms with Gasteiger partial charge in [-0.3, -0.25) is 15.0 Å². The summed E-state index contributed by atoms with van der Waals surface area (Å²) < 4.78 is 0. The molecule has 1 atom stereocenters. The lowest BCUT2D eigenvalue weighted by molar-refractivity contribution is -0.125. The van der Waals surface area contributed by atoms with Gasteiger partial charge < -0.3 is 5.32 Å². The van der Waals surface area contributed by atoms with E-state index in [1.54, 1.807) is 0 Å². The van der Waals surface area contributed by atoms with Crippen LogP contribution in [-0.4, -0.2) is 42.0 Å². The number of carbonyl (C=O) groups is 2. The molecule has 1 saturated heterocycles. The molecule has 0 aromatic carbocycles. The number of amides is 3. The summed E-state index contributed by atoms with van der Waals surface area (Å²) in [6.07, 6.45) is 3.50. The SMILES string of the molecule is CC(C)NC(=O)NC(=O)C(C)N1CCCCC1. The fourth-order valence-electron chi connectivity index (χ4n) is 1.99. The van der Waals surface area contributed by atoms with E-state index in [1.807, 2.05) is 20.8 Å². The van der Waals surface area contributed by atoms with Crippen LogP contribution in [0.25, 0.3) is 0 Å². The zero-order valence-electron chi connectivity index (χ0n) is 11.0. The Kier molecular flexibility index (Phi) is 5.41. The van der Waals surface area contributed by atoms with Crippen LogP contribution in [0.3, 0.4) is 0 Å². The van der Waals surface area contributed by atoms with Crippen LogP contribution in [-0.2, 0) is 4.79 Å². The molecule has 1 heterocycles. The predicted molar refractivity (Wildman–Crippen MR) is 66.7 cm³/mol. The van der Waals surface area contributed by atoms with Crippen molar-refractivity contribution in [2.45, 2.75) is 52.1 Å². The summed E-state index contributed by atoms with van der Waals surface area (Å²) in [7, 11) is 0. The second-order valence-corrected chi connectivity index (χ2v) is 4.89. The first-order valence-corrected chi connectivity index (χ1v) is 6.36. The third-order valence-electron chi connectivity index (χ3n) is 2.97. The molecule has 0 aliphatic carbocycles. The summed E-state index contributed by atoms with van der Waals surface area (Å²) in [4.78, 5) is 25.3. The van der Waals surface area contributed by atoms with Gasteiger partial charge in [-0.05, 0) is 46.7 Å². The number of imide groups is 1. The molecule has 17 heavy (non-hydrogen) atoms. The van der Waals surface area contributed by atoms with E-state index in [0.717, 1.165) is 25.9 Å². The lowest BCUT2D eigenvalue weighted by Crippen LogP contribution is -2.51. The van der Waals surface area contributed by atoms with Gasteiger partial charge in [0.25, 0.3) is 0 Å². The Hall–Kier alpha value is -1.10. The Morgan fingerprint density at radius 3 is 2.18 bits per heavy atom. The highest BCUT2D eigenvalue weighted by Gasteiger charge is 2.23.